The number of halogens is 2. The maximum absolute atomic E-state index is 13.5. The van der Waals surface area contributed by atoms with Gasteiger partial charge in [0.2, 0.25) is 0 Å². The second-order valence-corrected chi connectivity index (χ2v) is 5.21. The minimum atomic E-state index is -2.73. The molecule has 0 unspecified atom stereocenters. The normalized spacial score (nSPS) is 48.6. The Morgan fingerprint density at radius 2 is 1.93 bits per heavy atom. The molecule has 0 radical (unpaired) electrons. The molecule has 0 aromatic rings. The Bertz CT molecular complexity index is 303. The summed E-state index contributed by atoms with van der Waals surface area (Å²) >= 11 is 0. The first-order valence-electron chi connectivity index (χ1n) is 5.35. The molecule has 1 heterocycles. The van der Waals surface area contributed by atoms with Crippen molar-refractivity contribution in [2.24, 2.45) is 17.3 Å². The van der Waals surface area contributed by atoms with E-state index in [2.05, 4.69) is 0 Å². The van der Waals surface area contributed by atoms with Crippen LogP contribution in [0, 0.1) is 17.3 Å². The van der Waals surface area contributed by atoms with Crippen LogP contribution in [-0.2, 0) is 9.53 Å². The van der Waals surface area contributed by atoms with Crippen molar-refractivity contribution in [2.45, 2.75) is 45.6 Å². The van der Waals surface area contributed by atoms with E-state index in [1.165, 1.54) is 0 Å². The van der Waals surface area contributed by atoms with Crippen molar-refractivity contribution in [3.63, 3.8) is 0 Å². The average molecular weight is 218 g/mol. The SMILES string of the molecule is C[C@H]1C[C@]2(C)[C@@H](C)OC(=O)[C@@H]2CC1(F)F. The van der Waals surface area contributed by atoms with E-state index in [1.807, 2.05) is 6.92 Å². The van der Waals surface area contributed by atoms with Crippen LogP contribution in [0.1, 0.15) is 33.6 Å². The average Bonchev–Trinajstić information content (AvgIpc) is 2.29. The lowest BCUT2D eigenvalue weighted by Gasteiger charge is -2.42. The van der Waals surface area contributed by atoms with Gasteiger partial charge in [0, 0.05) is 17.8 Å². The molecule has 4 heteroatoms. The first-order valence-corrected chi connectivity index (χ1v) is 5.35. The van der Waals surface area contributed by atoms with Gasteiger partial charge in [-0.2, -0.15) is 0 Å². The van der Waals surface area contributed by atoms with Crippen LogP contribution in [0.3, 0.4) is 0 Å². The van der Waals surface area contributed by atoms with Crippen molar-refractivity contribution in [1.29, 1.82) is 0 Å². The third-order valence-corrected chi connectivity index (χ3v) is 4.25. The predicted octanol–water partition coefficient (Wildman–Crippen LogP) is 2.62. The minimum Gasteiger partial charge on any atom is -0.462 e. The van der Waals surface area contributed by atoms with Crippen LogP contribution in [0.5, 0.6) is 0 Å². The second-order valence-electron chi connectivity index (χ2n) is 5.21. The van der Waals surface area contributed by atoms with Gasteiger partial charge in [-0.1, -0.05) is 13.8 Å². The molecular formula is C11H16F2O2. The van der Waals surface area contributed by atoms with E-state index in [0.717, 1.165) is 0 Å². The summed E-state index contributed by atoms with van der Waals surface area (Å²) in [7, 11) is 0. The summed E-state index contributed by atoms with van der Waals surface area (Å²) in [6.45, 7) is 5.24. The number of cyclic esters (lactones) is 1. The molecule has 0 N–H and O–H groups in total. The van der Waals surface area contributed by atoms with Crippen molar-refractivity contribution >= 4 is 5.97 Å². The van der Waals surface area contributed by atoms with Crippen LogP contribution in [0.4, 0.5) is 8.78 Å². The molecule has 0 spiro atoms. The van der Waals surface area contributed by atoms with E-state index in [4.69, 9.17) is 4.74 Å². The van der Waals surface area contributed by atoms with E-state index in [0.29, 0.717) is 6.42 Å². The second kappa shape index (κ2) is 2.92. The fraction of sp³-hybridized carbons (Fsp3) is 0.909. The molecule has 0 aromatic heterocycles. The van der Waals surface area contributed by atoms with Crippen LogP contribution >= 0.6 is 0 Å². The molecular weight excluding hydrogens is 202 g/mol. The van der Waals surface area contributed by atoms with Gasteiger partial charge < -0.3 is 4.74 Å². The van der Waals surface area contributed by atoms with Gasteiger partial charge in [0.25, 0.3) is 5.92 Å². The lowest BCUT2D eigenvalue weighted by atomic mass is 9.62. The van der Waals surface area contributed by atoms with Crippen molar-refractivity contribution < 1.29 is 18.3 Å². The third-order valence-electron chi connectivity index (χ3n) is 4.25. The van der Waals surface area contributed by atoms with E-state index < -0.39 is 29.1 Å². The highest BCUT2D eigenvalue weighted by Gasteiger charge is 2.61. The molecule has 86 valence electrons. The summed E-state index contributed by atoms with van der Waals surface area (Å²) in [6.07, 6.45) is -0.237. The van der Waals surface area contributed by atoms with Gasteiger partial charge in [-0.25, -0.2) is 8.78 Å². The number of hydrogen-bond acceptors (Lipinski definition) is 2. The molecule has 1 aliphatic carbocycles. The Morgan fingerprint density at radius 3 is 2.53 bits per heavy atom. The predicted molar refractivity (Wildman–Crippen MR) is 50.5 cm³/mol. The largest absolute Gasteiger partial charge is 0.462 e. The van der Waals surface area contributed by atoms with E-state index in [1.54, 1.807) is 13.8 Å². The summed E-state index contributed by atoms with van der Waals surface area (Å²) in [4.78, 5) is 11.5. The van der Waals surface area contributed by atoms with Crippen LogP contribution in [0.25, 0.3) is 0 Å². The van der Waals surface area contributed by atoms with Gasteiger partial charge >= 0.3 is 5.97 Å². The molecule has 0 amide bonds. The van der Waals surface area contributed by atoms with Crippen molar-refractivity contribution in [3.8, 4) is 0 Å². The van der Waals surface area contributed by atoms with E-state index >= 15 is 0 Å². The Labute approximate surface area is 88.0 Å². The smallest absolute Gasteiger partial charge is 0.310 e. The van der Waals surface area contributed by atoms with E-state index in [9.17, 15) is 13.6 Å². The molecule has 1 aliphatic heterocycles. The zero-order chi connectivity index (χ0) is 11.4. The Balaban J connectivity index is 2.32. The Kier molecular flexibility index (Phi) is 2.11. The van der Waals surface area contributed by atoms with Gasteiger partial charge in [-0.3, -0.25) is 4.79 Å². The molecule has 2 aliphatic rings. The molecule has 2 rings (SSSR count). The first-order chi connectivity index (χ1) is 6.77. The molecule has 15 heavy (non-hydrogen) atoms. The molecule has 2 fully saturated rings. The molecule has 1 saturated carbocycles. The van der Waals surface area contributed by atoms with Crippen LogP contribution in [0.15, 0.2) is 0 Å². The lowest BCUT2D eigenvalue weighted by Crippen LogP contribution is -2.46. The number of fused-ring (bicyclic) bond motifs is 1. The first kappa shape index (κ1) is 10.8. The third kappa shape index (κ3) is 1.37. The summed E-state index contributed by atoms with van der Waals surface area (Å²) in [5, 5.41) is 0. The van der Waals surface area contributed by atoms with Gasteiger partial charge in [0.05, 0.1) is 5.92 Å². The monoisotopic (exact) mass is 218 g/mol. The fourth-order valence-corrected chi connectivity index (χ4v) is 2.85. The molecule has 1 saturated heterocycles. The van der Waals surface area contributed by atoms with Crippen molar-refractivity contribution in [2.75, 3.05) is 0 Å². The van der Waals surface area contributed by atoms with E-state index in [-0.39, 0.29) is 12.5 Å². The Morgan fingerprint density at radius 1 is 1.33 bits per heavy atom. The standard InChI is InChI=1S/C11H16F2O2/c1-6-4-10(3)7(2)15-9(14)8(10)5-11(6,12)13/h6-8H,4-5H2,1-3H3/t6-,7+,8-,10+/m0/s1. The zero-order valence-electron chi connectivity index (χ0n) is 9.22. The highest BCUT2D eigenvalue weighted by Crippen LogP contribution is 2.56. The number of carbonyl (C=O) groups excluding carboxylic acids is 1. The maximum atomic E-state index is 13.5. The van der Waals surface area contributed by atoms with Crippen LogP contribution in [-0.4, -0.2) is 18.0 Å². The minimum absolute atomic E-state index is 0.242. The number of esters is 1. The fourth-order valence-electron chi connectivity index (χ4n) is 2.85. The summed E-state index contributed by atoms with van der Waals surface area (Å²) in [5.41, 5.74) is -0.405. The highest BCUT2D eigenvalue weighted by atomic mass is 19.3. The van der Waals surface area contributed by atoms with Crippen molar-refractivity contribution in [1.82, 2.24) is 0 Å². The maximum Gasteiger partial charge on any atom is 0.310 e. The highest BCUT2D eigenvalue weighted by molar-refractivity contribution is 5.76. The molecule has 4 atom stereocenters. The quantitative estimate of drug-likeness (QED) is 0.584. The van der Waals surface area contributed by atoms with Gasteiger partial charge in [-0.15, -0.1) is 0 Å². The number of hydrogen-bond donors (Lipinski definition) is 0. The topological polar surface area (TPSA) is 26.3 Å². The number of rotatable bonds is 0. The molecule has 0 bridgehead atoms. The van der Waals surface area contributed by atoms with Crippen LogP contribution in [0.2, 0.25) is 0 Å². The molecule has 2 nitrogen and oxygen atoms in total. The lowest BCUT2D eigenvalue weighted by molar-refractivity contribution is -0.152. The number of carbonyl (C=O) groups is 1. The Hall–Kier alpha value is -0.670. The van der Waals surface area contributed by atoms with Gasteiger partial charge in [0.1, 0.15) is 6.10 Å². The summed E-state index contributed by atoms with van der Waals surface area (Å²) in [5.74, 6) is -4.47. The summed E-state index contributed by atoms with van der Waals surface area (Å²) in [6, 6.07) is 0. The molecule has 0 aromatic carbocycles. The van der Waals surface area contributed by atoms with Gasteiger partial charge in [-0.05, 0) is 13.3 Å². The zero-order valence-corrected chi connectivity index (χ0v) is 9.22. The number of alkyl halides is 2. The van der Waals surface area contributed by atoms with Crippen molar-refractivity contribution in [3.05, 3.63) is 0 Å². The number of ether oxygens (including phenoxy) is 1. The summed E-state index contributed by atoms with van der Waals surface area (Å²) < 4.78 is 32.1. The van der Waals surface area contributed by atoms with Crippen LogP contribution < -0.4 is 0 Å². The van der Waals surface area contributed by atoms with Gasteiger partial charge in [0.15, 0.2) is 0 Å².